The number of nitrogens with one attached hydrogen (secondary N) is 2. The fourth-order valence-electron chi connectivity index (χ4n) is 2.21. The van der Waals surface area contributed by atoms with Gasteiger partial charge in [0.1, 0.15) is 12.4 Å². The van der Waals surface area contributed by atoms with Crippen LogP contribution in [-0.4, -0.2) is 19.2 Å². The molecule has 0 heterocycles. The summed E-state index contributed by atoms with van der Waals surface area (Å²) in [6, 6.07) is 11.5. The minimum Gasteiger partial charge on any atom is -0.492 e. The lowest BCUT2D eigenvalue weighted by Crippen LogP contribution is -2.32. The number of urea groups is 1. The van der Waals surface area contributed by atoms with Gasteiger partial charge in [-0.05, 0) is 47.9 Å². The lowest BCUT2D eigenvalue weighted by Gasteiger charge is -2.11. The molecule has 0 atom stereocenters. The molecule has 0 spiro atoms. The SMILES string of the molecule is CC(C)c1cccc(OCCNC(=O)Nc2ccc(C(F)(F)F)cc2)c1. The predicted octanol–water partition coefficient (Wildman–Crippen LogP) is 5.03. The maximum atomic E-state index is 12.5. The molecule has 0 aliphatic heterocycles. The topological polar surface area (TPSA) is 50.4 Å². The van der Waals surface area contributed by atoms with Crippen LogP contribution >= 0.6 is 0 Å². The first-order valence-corrected chi connectivity index (χ1v) is 8.20. The zero-order chi connectivity index (χ0) is 19.2. The van der Waals surface area contributed by atoms with Crippen LogP contribution in [0.5, 0.6) is 5.75 Å². The second kappa shape index (κ2) is 8.60. The third-order valence-electron chi connectivity index (χ3n) is 3.65. The molecular weight excluding hydrogens is 345 g/mol. The second-order valence-electron chi connectivity index (χ2n) is 6.03. The van der Waals surface area contributed by atoms with Gasteiger partial charge in [0, 0.05) is 5.69 Å². The molecule has 2 rings (SSSR count). The lowest BCUT2D eigenvalue weighted by atomic mass is 10.0. The number of amides is 2. The van der Waals surface area contributed by atoms with Crippen LogP contribution in [0.1, 0.15) is 30.9 Å². The van der Waals surface area contributed by atoms with E-state index in [2.05, 4.69) is 24.5 Å². The van der Waals surface area contributed by atoms with Crippen molar-refractivity contribution in [2.24, 2.45) is 0 Å². The molecule has 0 saturated heterocycles. The summed E-state index contributed by atoms with van der Waals surface area (Å²) in [5.74, 6) is 1.12. The van der Waals surface area contributed by atoms with E-state index >= 15 is 0 Å². The number of rotatable bonds is 6. The molecule has 0 aromatic heterocycles. The van der Waals surface area contributed by atoms with Crippen LogP contribution in [0.3, 0.4) is 0 Å². The third-order valence-corrected chi connectivity index (χ3v) is 3.65. The van der Waals surface area contributed by atoms with Crippen molar-refractivity contribution in [1.82, 2.24) is 5.32 Å². The number of halogens is 3. The maximum absolute atomic E-state index is 12.5. The maximum Gasteiger partial charge on any atom is 0.416 e. The molecule has 140 valence electrons. The fourth-order valence-corrected chi connectivity index (χ4v) is 2.21. The summed E-state index contributed by atoms with van der Waals surface area (Å²) in [6.45, 7) is 4.72. The zero-order valence-electron chi connectivity index (χ0n) is 14.6. The summed E-state index contributed by atoms with van der Waals surface area (Å²) in [4.78, 5) is 11.7. The molecule has 0 bridgehead atoms. The molecule has 0 aliphatic carbocycles. The number of benzene rings is 2. The molecule has 2 aromatic carbocycles. The first-order valence-electron chi connectivity index (χ1n) is 8.20. The molecule has 2 N–H and O–H groups in total. The molecular formula is C19H21F3N2O2. The van der Waals surface area contributed by atoms with Gasteiger partial charge in [0.15, 0.2) is 0 Å². The quantitative estimate of drug-likeness (QED) is 0.705. The highest BCUT2D eigenvalue weighted by atomic mass is 19.4. The van der Waals surface area contributed by atoms with Crippen molar-refractivity contribution in [1.29, 1.82) is 0 Å². The van der Waals surface area contributed by atoms with E-state index in [0.29, 0.717) is 5.92 Å². The largest absolute Gasteiger partial charge is 0.492 e. The Bertz CT molecular complexity index is 728. The average Bonchev–Trinajstić information content (AvgIpc) is 2.58. The van der Waals surface area contributed by atoms with Crippen molar-refractivity contribution in [2.75, 3.05) is 18.5 Å². The van der Waals surface area contributed by atoms with E-state index in [1.54, 1.807) is 0 Å². The summed E-state index contributed by atoms with van der Waals surface area (Å²) in [6.07, 6.45) is -4.40. The fraction of sp³-hybridized carbons (Fsp3) is 0.316. The van der Waals surface area contributed by atoms with Crippen LogP contribution in [-0.2, 0) is 6.18 Å². The molecule has 0 unspecified atom stereocenters. The molecule has 0 saturated carbocycles. The smallest absolute Gasteiger partial charge is 0.416 e. The van der Waals surface area contributed by atoms with Crippen molar-refractivity contribution in [2.45, 2.75) is 25.9 Å². The average molecular weight is 366 g/mol. The van der Waals surface area contributed by atoms with E-state index in [-0.39, 0.29) is 18.8 Å². The summed E-state index contributed by atoms with van der Waals surface area (Å²) in [5.41, 5.74) is 0.678. The van der Waals surface area contributed by atoms with E-state index in [4.69, 9.17) is 4.74 Å². The van der Waals surface area contributed by atoms with Crippen LogP contribution in [0.15, 0.2) is 48.5 Å². The Morgan fingerprint density at radius 3 is 2.42 bits per heavy atom. The van der Waals surface area contributed by atoms with Crippen molar-refractivity contribution in [3.8, 4) is 5.75 Å². The standard InChI is InChI=1S/C19H21F3N2O2/c1-13(2)14-4-3-5-17(12-14)26-11-10-23-18(25)24-16-8-6-15(7-9-16)19(20,21)22/h3-9,12-13H,10-11H2,1-2H3,(H2,23,24,25). The number of ether oxygens (including phenoxy) is 1. The Labute approximate surface area is 150 Å². The van der Waals surface area contributed by atoms with Crippen molar-refractivity contribution < 1.29 is 22.7 Å². The van der Waals surface area contributed by atoms with Gasteiger partial charge in [-0.1, -0.05) is 26.0 Å². The number of hydrogen-bond donors (Lipinski definition) is 2. The summed E-state index contributed by atoms with van der Waals surface area (Å²) >= 11 is 0. The Hall–Kier alpha value is -2.70. The minimum atomic E-state index is -4.40. The van der Waals surface area contributed by atoms with E-state index in [1.165, 1.54) is 12.1 Å². The van der Waals surface area contributed by atoms with E-state index in [1.807, 2.05) is 24.3 Å². The number of anilines is 1. The highest BCUT2D eigenvalue weighted by Gasteiger charge is 2.29. The van der Waals surface area contributed by atoms with Gasteiger partial charge in [-0.25, -0.2) is 4.79 Å². The van der Waals surface area contributed by atoms with Crippen LogP contribution in [0.2, 0.25) is 0 Å². The lowest BCUT2D eigenvalue weighted by molar-refractivity contribution is -0.137. The Kier molecular flexibility index (Phi) is 6.49. The van der Waals surface area contributed by atoms with Gasteiger partial charge in [0.05, 0.1) is 12.1 Å². The number of carbonyl (C=O) groups is 1. The number of hydrogen-bond acceptors (Lipinski definition) is 2. The van der Waals surface area contributed by atoms with Gasteiger partial charge in [0.25, 0.3) is 0 Å². The Balaban J connectivity index is 1.74. The molecule has 0 aliphatic rings. The van der Waals surface area contributed by atoms with Crippen LogP contribution in [0.25, 0.3) is 0 Å². The second-order valence-corrected chi connectivity index (χ2v) is 6.03. The molecule has 26 heavy (non-hydrogen) atoms. The highest BCUT2D eigenvalue weighted by Crippen LogP contribution is 2.29. The van der Waals surface area contributed by atoms with Crippen LogP contribution in [0.4, 0.5) is 23.7 Å². The Morgan fingerprint density at radius 1 is 1.12 bits per heavy atom. The van der Waals surface area contributed by atoms with E-state index < -0.39 is 17.8 Å². The van der Waals surface area contributed by atoms with Crippen LogP contribution < -0.4 is 15.4 Å². The van der Waals surface area contributed by atoms with Gasteiger partial charge in [-0.15, -0.1) is 0 Å². The molecule has 0 fully saturated rings. The normalized spacial score (nSPS) is 11.3. The first kappa shape index (κ1) is 19.6. The van der Waals surface area contributed by atoms with Gasteiger partial charge in [-0.2, -0.15) is 13.2 Å². The zero-order valence-corrected chi connectivity index (χ0v) is 14.6. The highest BCUT2D eigenvalue weighted by molar-refractivity contribution is 5.89. The minimum absolute atomic E-state index is 0.262. The van der Waals surface area contributed by atoms with Gasteiger partial charge in [-0.3, -0.25) is 0 Å². The summed E-state index contributed by atoms with van der Waals surface area (Å²) in [7, 11) is 0. The summed E-state index contributed by atoms with van der Waals surface area (Å²) < 4.78 is 43.0. The third kappa shape index (κ3) is 5.98. The first-order chi connectivity index (χ1) is 12.3. The van der Waals surface area contributed by atoms with Crippen molar-refractivity contribution >= 4 is 11.7 Å². The molecule has 0 radical (unpaired) electrons. The molecule has 2 amide bonds. The van der Waals surface area contributed by atoms with Gasteiger partial charge < -0.3 is 15.4 Å². The molecule has 2 aromatic rings. The van der Waals surface area contributed by atoms with Crippen molar-refractivity contribution in [3.63, 3.8) is 0 Å². The molecule has 4 nitrogen and oxygen atoms in total. The monoisotopic (exact) mass is 366 g/mol. The summed E-state index contributed by atoms with van der Waals surface area (Å²) in [5, 5.41) is 5.06. The van der Waals surface area contributed by atoms with Crippen molar-refractivity contribution in [3.05, 3.63) is 59.7 Å². The number of alkyl halides is 3. The van der Waals surface area contributed by atoms with Crippen LogP contribution in [0, 0.1) is 0 Å². The van der Waals surface area contributed by atoms with E-state index in [0.717, 1.165) is 23.4 Å². The molecule has 7 heteroatoms. The number of carbonyl (C=O) groups excluding carboxylic acids is 1. The van der Waals surface area contributed by atoms with E-state index in [9.17, 15) is 18.0 Å². The Morgan fingerprint density at radius 2 is 1.81 bits per heavy atom. The van der Waals surface area contributed by atoms with Gasteiger partial charge >= 0.3 is 12.2 Å². The van der Waals surface area contributed by atoms with Gasteiger partial charge in [0.2, 0.25) is 0 Å². The predicted molar refractivity (Wildman–Crippen MR) is 94.5 cm³/mol.